The molecule has 0 spiro atoms. The number of piperidine rings is 1. The lowest BCUT2D eigenvalue weighted by atomic mass is 9.72. The smallest absolute Gasteiger partial charge is 0.138 e. The lowest BCUT2D eigenvalue weighted by Gasteiger charge is -2.43. The summed E-state index contributed by atoms with van der Waals surface area (Å²) in [6.07, 6.45) is 7.56. The fraction of sp³-hybridized carbons (Fsp3) is 0.556. The summed E-state index contributed by atoms with van der Waals surface area (Å²) in [5.41, 5.74) is 1.55. The molecule has 32 heavy (non-hydrogen) atoms. The predicted molar refractivity (Wildman–Crippen MR) is 129 cm³/mol. The second kappa shape index (κ2) is 11.0. The number of aliphatic hydroxyl groups is 1. The molecule has 0 amide bonds. The fourth-order valence-electron chi connectivity index (χ4n) is 5.27. The van der Waals surface area contributed by atoms with E-state index in [2.05, 4.69) is 11.0 Å². The molecule has 1 saturated carbocycles. The maximum absolute atomic E-state index is 11.7. The average Bonchev–Trinajstić information content (AvgIpc) is 2.83. The molecule has 1 unspecified atom stereocenters. The minimum Gasteiger partial charge on any atom is -0.487 e. The maximum Gasteiger partial charge on any atom is 0.138 e. The van der Waals surface area contributed by atoms with Gasteiger partial charge in [-0.3, -0.25) is 0 Å². The highest BCUT2D eigenvalue weighted by molar-refractivity contribution is 6.32. The Hall–Kier alpha value is -1.59. The summed E-state index contributed by atoms with van der Waals surface area (Å²) in [6.45, 7) is 3.36. The zero-order valence-electron chi connectivity index (χ0n) is 19.1. The van der Waals surface area contributed by atoms with Crippen molar-refractivity contribution >= 4 is 11.6 Å². The van der Waals surface area contributed by atoms with Crippen LogP contribution in [0, 0.1) is 0 Å². The van der Waals surface area contributed by atoms with E-state index in [9.17, 15) is 5.11 Å². The largest absolute Gasteiger partial charge is 0.487 e. The first-order valence-electron chi connectivity index (χ1n) is 12.0. The van der Waals surface area contributed by atoms with Crippen LogP contribution < -0.4 is 4.74 Å². The fourth-order valence-corrected chi connectivity index (χ4v) is 5.51. The van der Waals surface area contributed by atoms with Gasteiger partial charge in [0.05, 0.1) is 16.7 Å². The number of halogens is 1. The van der Waals surface area contributed by atoms with Gasteiger partial charge >= 0.3 is 0 Å². The lowest BCUT2D eigenvalue weighted by molar-refractivity contribution is -0.0371. The number of benzene rings is 2. The maximum atomic E-state index is 11.7. The monoisotopic (exact) mass is 457 g/mol. The van der Waals surface area contributed by atoms with Gasteiger partial charge in [0.25, 0.3) is 0 Å². The van der Waals surface area contributed by atoms with Gasteiger partial charge in [0.1, 0.15) is 12.4 Å². The highest BCUT2D eigenvalue weighted by atomic mass is 35.5. The first-order chi connectivity index (χ1) is 15.6. The van der Waals surface area contributed by atoms with Crippen molar-refractivity contribution in [2.24, 2.45) is 0 Å². The Labute approximate surface area is 197 Å². The number of likely N-dealkylation sites (tertiary alicyclic amines) is 1. The highest BCUT2D eigenvalue weighted by Crippen LogP contribution is 2.42. The molecule has 1 atom stereocenters. The number of rotatable bonds is 8. The first-order valence-corrected chi connectivity index (χ1v) is 12.4. The summed E-state index contributed by atoms with van der Waals surface area (Å²) >= 11 is 6.67. The van der Waals surface area contributed by atoms with E-state index in [1.807, 2.05) is 42.5 Å². The molecule has 4 rings (SSSR count). The van der Waals surface area contributed by atoms with Crippen LogP contribution >= 0.6 is 11.6 Å². The van der Waals surface area contributed by atoms with Crippen molar-refractivity contribution in [2.75, 3.05) is 26.7 Å². The molecule has 0 radical (unpaired) electrons. The molecule has 0 bridgehead atoms. The van der Waals surface area contributed by atoms with Crippen molar-refractivity contribution in [3.8, 4) is 5.75 Å². The van der Waals surface area contributed by atoms with Crippen molar-refractivity contribution in [3.05, 3.63) is 64.7 Å². The molecule has 1 N–H and O–H groups in total. The summed E-state index contributed by atoms with van der Waals surface area (Å²) in [6, 6.07) is 16.2. The summed E-state index contributed by atoms with van der Waals surface area (Å²) < 4.78 is 11.5. The molecule has 5 heteroatoms. The Kier molecular flexibility index (Phi) is 8.12. The van der Waals surface area contributed by atoms with E-state index in [1.165, 1.54) is 6.42 Å². The zero-order valence-corrected chi connectivity index (χ0v) is 19.9. The Morgan fingerprint density at radius 1 is 1.06 bits per heavy atom. The number of hydrogen-bond acceptors (Lipinski definition) is 4. The van der Waals surface area contributed by atoms with E-state index in [0.717, 1.165) is 69.3 Å². The summed E-state index contributed by atoms with van der Waals surface area (Å²) in [4.78, 5) is 2.49. The zero-order chi connectivity index (χ0) is 22.4. The summed E-state index contributed by atoms with van der Waals surface area (Å²) in [7, 11) is 1.80. The Bertz CT molecular complexity index is 845. The minimum atomic E-state index is -0.675. The molecule has 174 valence electrons. The minimum absolute atomic E-state index is 0.0440. The van der Waals surface area contributed by atoms with Crippen LogP contribution in [0.15, 0.2) is 48.5 Å². The lowest BCUT2D eigenvalue weighted by Crippen LogP contribution is -2.46. The number of nitrogens with zero attached hydrogens (tertiary/aromatic N) is 1. The quantitative estimate of drug-likeness (QED) is 0.543. The third-order valence-corrected chi connectivity index (χ3v) is 7.57. The van der Waals surface area contributed by atoms with Gasteiger partial charge in [-0.05, 0) is 48.9 Å². The van der Waals surface area contributed by atoms with E-state index in [4.69, 9.17) is 21.1 Å². The molecule has 1 aliphatic heterocycles. The molecule has 1 aliphatic carbocycles. The number of methoxy groups -OCH3 is 1. The Morgan fingerprint density at radius 2 is 1.78 bits per heavy atom. The van der Waals surface area contributed by atoms with Crippen LogP contribution in [0.2, 0.25) is 5.02 Å². The molecule has 2 aromatic carbocycles. The standard InChI is InChI=1S/C27H36ClNO3/c1-31-23-12-16-29(17-13-23)19-24(27(30)14-6-3-7-15-27)22-10-11-26(25(28)18-22)32-20-21-8-4-2-5-9-21/h2,4-5,8-11,18,23-24,30H,3,6-7,12-17,19-20H2,1H3. The number of hydrogen-bond donors (Lipinski definition) is 1. The van der Waals surface area contributed by atoms with Crippen molar-refractivity contribution < 1.29 is 14.6 Å². The molecule has 2 fully saturated rings. The Morgan fingerprint density at radius 3 is 2.44 bits per heavy atom. The van der Waals surface area contributed by atoms with Crippen LogP contribution in [0.3, 0.4) is 0 Å². The molecule has 0 aromatic heterocycles. The second-order valence-electron chi connectivity index (χ2n) is 9.42. The molecule has 2 aliphatic rings. The van der Waals surface area contributed by atoms with Crippen molar-refractivity contribution in [3.63, 3.8) is 0 Å². The third kappa shape index (κ3) is 5.85. The van der Waals surface area contributed by atoms with Crippen LogP contribution in [0.4, 0.5) is 0 Å². The molecule has 1 heterocycles. The highest BCUT2D eigenvalue weighted by Gasteiger charge is 2.40. The summed E-state index contributed by atoms with van der Waals surface area (Å²) in [5, 5.41) is 12.3. The van der Waals surface area contributed by atoms with E-state index in [0.29, 0.717) is 23.5 Å². The van der Waals surface area contributed by atoms with Gasteiger partial charge in [-0.25, -0.2) is 0 Å². The topological polar surface area (TPSA) is 41.9 Å². The van der Waals surface area contributed by atoms with Crippen molar-refractivity contribution in [2.45, 2.75) is 69.2 Å². The van der Waals surface area contributed by atoms with Gasteiger partial charge in [-0.1, -0.05) is 67.3 Å². The van der Waals surface area contributed by atoms with Gasteiger partial charge in [0.15, 0.2) is 0 Å². The molecular formula is C27H36ClNO3. The number of ether oxygens (including phenoxy) is 2. The van der Waals surface area contributed by atoms with Crippen LogP contribution in [-0.2, 0) is 11.3 Å². The van der Waals surface area contributed by atoms with Gasteiger partial charge in [-0.15, -0.1) is 0 Å². The third-order valence-electron chi connectivity index (χ3n) is 7.27. The van der Waals surface area contributed by atoms with Crippen LogP contribution in [0.1, 0.15) is 62.0 Å². The second-order valence-corrected chi connectivity index (χ2v) is 9.82. The predicted octanol–water partition coefficient (Wildman–Crippen LogP) is 5.81. The van der Waals surface area contributed by atoms with Gasteiger partial charge in [0.2, 0.25) is 0 Å². The van der Waals surface area contributed by atoms with Gasteiger partial charge in [-0.2, -0.15) is 0 Å². The summed E-state index contributed by atoms with van der Waals surface area (Å²) in [5.74, 6) is 0.733. The van der Waals surface area contributed by atoms with E-state index >= 15 is 0 Å². The molecule has 4 nitrogen and oxygen atoms in total. The van der Waals surface area contributed by atoms with Crippen molar-refractivity contribution in [1.82, 2.24) is 4.90 Å². The van der Waals surface area contributed by atoms with Crippen LogP contribution in [0.25, 0.3) is 0 Å². The SMILES string of the molecule is COC1CCN(CC(c2ccc(OCc3ccccc3)c(Cl)c2)C2(O)CCCCC2)CC1. The van der Waals surface area contributed by atoms with Crippen LogP contribution in [-0.4, -0.2) is 48.5 Å². The van der Waals surface area contributed by atoms with Gasteiger partial charge < -0.3 is 19.5 Å². The molecule has 1 saturated heterocycles. The molecule has 2 aromatic rings. The first kappa shape index (κ1) is 23.6. The Balaban J connectivity index is 1.50. The van der Waals surface area contributed by atoms with E-state index in [-0.39, 0.29) is 5.92 Å². The van der Waals surface area contributed by atoms with E-state index in [1.54, 1.807) is 7.11 Å². The van der Waals surface area contributed by atoms with Gasteiger partial charge in [0, 0.05) is 32.7 Å². The van der Waals surface area contributed by atoms with Crippen LogP contribution in [0.5, 0.6) is 5.75 Å². The molecular weight excluding hydrogens is 422 g/mol. The average molecular weight is 458 g/mol. The van der Waals surface area contributed by atoms with E-state index < -0.39 is 5.60 Å². The normalized spacial score (nSPS) is 20.7. The van der Waals surface area contributed by atoms with Crippen molar-refractivity contribution in [1.29, 1.82) is 0 Å².